The van der Waals surface area contributed by atoms with E-state index in [9.17, 15) is 9.18 Å². The summed E-state index contributed by atoms with van der Waals surface area (Å²) < 4.78 is 23.4. The Morgan fingerprint density at radius 3 is 2.30 bits per heavy atom. The first-order chi connectivity index (χ1) is 13.1. The van der Waals surface area contributed by atoms with Crippen LogP contribution < -0.4 is 20.1 Å². The molecule has 1 aromatic heterocycles. The van der Waals surface area contributed by atoms with Crippen molar-refractivity contribution in [2.45, 2.75) is 0 Å². The molecule has 0 unspecified atom stereocenters. The summed E-state index contributed by atoms with van der Waals surface area (Å²) in [7, 11) is 3.07. The zero-order valence-corrected chi connectivity index (χ0v) is 14.8. The first-order valence-electron chi connectivity index (χ1n) is 8.10. The number of hydrogen-bond acceptors (Lipinski definition) is 5. The third-order valence-electron chi connectivity index (χ3n) is 3.77. The van der Waals surface area contributed by atoms with Crippen molar-refractivity contribution in [3.05, 3.63) is 72.3 Å². The predicted octanol–water partition coefficient (Wildman–Crippen LogP) is 4.23. The SMILES string of the molecule is COc1ccc(NC(=O)c2cncc(Nc3ccc(F)cc3)c2)cc1OC. The molecule has 7 heteroatoms. The van der Waals surface area contributed by atoms with E-state index in [1.54, 1.807) is 49.7 Å². The number of ether oxygens (including phenoxy) is 2. The van der Waals surface area contributed by atoms with Crippen LogP contribution >= 0.6 is 0 Å². The van der Waals surface area contributed by atoms with Crippen LogP contribution in [0.3, 0.4) is 0 Å². The largest absolute Gasteiger partial charge is 0.493 e. The van der Waals surface area contributed by atoms with E-state index < -0.39 is 0 Å². The number of carbonyl (C=O) groups is 1. The standard InChI is InChI=1S/C20H18FN3O3/c1-26-18-8-7-16(10-19(18)27-2)24-20(25)13-9-17(12-22-11-13)23-15-5-3-14(21)4-6-15/h3-12,23H,1-2H3,(H,24,25). The van der Waals surface area contributed by atoms with E-state index >= 15 is 0 Å². The molecule has 0 aliphatic carbocycles. The molecule has 27 heavy (non-hydrogen) atoms. The average molecular weight is 367 g/mol. The lowest BCUT2D eigenvalue weighted by Crippen LogP contribution is -2.12. The highest BCUT2D eigenvalue weighted by Crippen LogP contribution is 2.30. The van der Waals surface area contributed by atoms with E-state index in [0.29, 0.717) is 34.1 Å². The first-order valence-corrected chi connectivity index (χ1v) is 8.10. The number of anilines is 3. The van der Waals surface area contributed by atoms with Gasteiger partial charge in [-0.05, 0) is 42.5 Å². The second-order valence-corrected chi connectivity index (χ2v) is 5.62. The highest BCUT2D eigenvalue weighted by atomic mass is 19.1. The van der Waals surface area contributed by atoms with Crippen LogP contribution in [0.2, 0.25) is 0 Å². The molecule has 3 aromatic rings. The molecule has 2 aromatic carbocycles. The second kappa shape index (κ2) is 8.18. The maximum absolute atomic E-state index is 13.0. The molecule has 1 heterocycles. The fourth-order valence-electron chi connectivity index (χ4n) is 2.45. The summed E-state index contributed by atoms with van der Waals surface area (Å²) in [6, 6.07) is 12.7. The Morgan fingerprint density at radius 1 is 0.889 bits per heavy atom. The van der Waals surface area contributed by atoms with E-state index in [2.05, 4.69) is 15.6 Å². The van der Waals surface area contributed by atoms with Crippen molar-refractivity contribution < 1.29 is 18.7 Å². The summed E-state index contributed by atoms with van der Waals surface area (Å²) in [6.07, 6.45) is 3.04. The van der Waals surface area contributed by atoms with Crippen molar-refractivity contribution >= 4 is 23.0 Å². The van der Waals surface area contributed by atoms with Gasteiger partial charge >= 0.3 is 0 Å². The van der Waals surface area contributed by atoms with E-state index in [1.165, 1.54) is 25.4 Å². The summed E-state index contributed by atoms with van der Waals surface area (Å²) >= 11 is 0. The molecule has 0 saturated heterocycles. The summed E-state index contributed by atoms with van der Waals surface area (Å²) in [5.41, 5.74) is 2.24. The van der Waals surface area contributed by atoms with Gasteiger partial charge in [0.25, 0.3) is 5.91 Å². The van der Waals surface area contributed by atoms with Crippen LogP contribution in [0.15, 0.2) is 60.9 Å². The molecule has 0 radical (unpaired) electrons. The minimum Gasteiger partial charge on any atom is -0.493 e. The third kappa shape index (κ3) is 4.52. The van der Waals surface area contributed by atoms with Crippen LogP contribution in [0, 0.1) is 5.82 Å². The third-order valence-corrected chi connectivity index (χ3v) is 3.77. The van der Waals surface area contributed by atoms with Crippen LogP contribution in [-0.2, 0) is 0 Å². The Labute approximate surface area is 156 Å². The van der Waals surface area contributed by atoms with Gasteiger partial charge in [0.15, 0.2) is 11.5 Å². The minimum absolute atomic E-state index is 0.318. The van der Waals surface area contributed by atoms with Gasteiger partial charge in [0.1, 0.15) is 5.82 Å². The number of rotatable bonds is 6. The number of carbonyl (C=O) groups excluding carboxylic acids is 1. The van der Waals surface area contributed by atoms with Crippen molar-refractivity contribution in [1.82, 2.24) is 4.98 Å². The summed E-state index contributed by atoms with van der Waals surface area (Å²) in [5, 5.41) is 5.87. The van der Waals surface area contributed by atoms with Crippen molar-refractivity contribution in [1.29, 1.82) is 0 Å². The Bertz CT molecular complexity index is 945. The van der Waals surface area contributed by atoms with E-state index in [1.807, 2.05) is 0 Å². The maximum atomic E-state index is 13.0. The molecule has 0 atom stereocenters. The number of methoxy groups -OCH3 is 2. The average Bonchev–Trinajstić information content (AvgIpc) is 2.70. The number of amides is 1. The van der Waals surface area contributed by atoms with Gasteiger partial charge in [-0.15, -0.1) is 0 Å². The minimum atomic E-state index is -0.322. The lowest BCUT2D eigenvalue weighted by atomic mass is 10.2. The molecule has 138 valence electrons. The monoisotopic (exact) mass is 367 g/mol. The molecule has 0 aliphatic rings. The van der Waals surface area contributed by atoms with Gasteiger partial charge in [0.2, 0.25) is 0 Å². The summed E-state index contributed by atoms with van der Waals surface area (Å²) in [5.74, 6) is 0.446. The highest BCUT2D eigenvalue weighted by molar-refractivity contribution is 6.04. The Kier molecular flexibility index (Phi) is 5.51. The number of benzene rings is 2. The molecule has 0 saturated carbocycles. The zero-order valence-electron chi connectivity index (χ0n) is 14.8. The molecule has 1 amide bonds. The number of pyridine rings is 1. The molecule has 0 spiro atoms. The van der Waals surface area contributed by atoms with Gasteiger partial charge < -0.3 is 20.1 Å². The molecule has 0 aliphatic heterocycles. The fourth-order valence-corrected chi connectivity index (χ4v) is 2.45. The summed E-state index contributed by atoms with van der Waals surface area (Å²) in [6.45, 7) is 0. The maximum Gasteiger partial charge on any atom is 0.257 e. The van der Waals surface area contributed by atoms with Crippen molar-refractivity contribution in [3.8, 4) is 11.5 Å². The second-order valence-electron chi connectivity index (χ2n) is 5.62. The Hall–Kier alpha value is -3.61. The highest BCUT2D eigenvalue weighted by Gasteiger charge is 2.10. The number of halogens is 1. The van der Waals surface area contributed by atoms with Crippen LogP contribution in [0.1, 0.15) is 10.4 Å². The van der Waals surface area contributed by atoms with Crippen molar-refractivity contribution in [2.24, 2.45) is 0 Å². The Morgan fingerprint density at radius 2 is 1.59 bits per heavy atom. The van der Waals surface area contributed by atoms with Gasteiger partial charge in [0, 0.05) is 23.6 Å². The molecular formula is C20H18FN3O3. The zero-order chi connectivity index (χ0) is 19.2. The number of nitrogens with one attached hydrogen (secondary N) is 2. The van der Waals surface area contributed by atoms with Crippen molar-refractivity contribution in [2.75, 3.05) is 24.9 Å². The molecular weight excluding hydrogens is 349 g/mol. The predicted molar refractivity (Wildman–Crippen MR) is 101 cm³/mol. The van der Waals surface area contributed by atoms with Crippen LogP contribution in [0.5, 0.6) is 11.5 Å². The Balaban J connectivity index is 1.74. The molecule has 2 N–H and O–H groups in total. The number of hydrogen-bond donors (Lipinski definition) is 2. The molecule has 3 rings (SSSR count). The van der Waals surface area contributed by atoms with E-state index in [0.717, 1.165) is 0 Å². The van der Waals surface area contributed by atoms with Gasteiger partial charge in [-0.1, -0.05) is 0 Å². The van der Waals surface area contributed by atoms with Gasteiger partial charge in [0.05, 0.1) is 31.7 Å². The van der Waals surface area contributed by atoms with E-state index in [-0.39, 0.29) is 11.7 Å². The lowest BCUT2D eigenvalue weighted by molar-refractivity contribution is 0.102. The van der Waals surface area contributed by atoms with Gasteiger partial charge in [-0.2, -0.15) is 0 Å². The quantitative estimate of drug-likeness (QED) is 0.682. The number of aromatic nitrogens is 1. The van der Waals surface area contributed by atoms with Gasteiger partial charge in [-0.3, -0.25) is 9.78 Å². The topological polar surface area (TPSA) is 72.5 Å². The van der Waals surface area contributed by atoms with E-state index in [4.69, 9.17) is 9.47 Å². The molecule has 0 fully saturated rings. The number of nitrogens with zero attached hydrogens (tertiary/aromatic N) is 1. The van der Waals surface area contributed by atoms with Crippen LogP contribution in [0.4, 0.5) is 21.5 Å². The van der Waals surface area contributed by atoms with Gasteiger partial charge in [-0.25, -0.2) is 4.39 Å². The molecule has 0 bridgehead atoms. The normalized spacial score (nSPS) is 10.2. The summed E-state index contributed by atoms with van der Waals surface area (Å²) in [4.78, 5) is 16.6. The lowest BCUT2D eigenvalue weighted by Gasteiger charge is -2.11. The smallest absolute Gasteiger partial charge is 0.257 e. The van der Waals surface area contributed by atoms with Crippen molar-refractivity contribution in [3.63, 3.8) is 0 Å². The first kappa shape index (κ1) is 18.2. The van der Waals surface area contributed by atoms with Crippen LogP contribution in [0.25, 0.3) is 0 Å². The van der Waals surface area contributed by atoms with Crippen LogP contribution in [-0.4, -0.2) is 25.1 Å². The molecule has 6 nitrogen and oxygen atoms in total. The fraction of sp³-hybridized carbons (Fsp3) is 0.100.